The molecule has 1 aromatic heterocycles. The minimum absolute atomic E-state index is 0.476. The van der Waals surface area contributed by atoms with Crippen LogP contribution in [-0.4, -0.2) is 11.5 Å². The van der Waals surface area contributed by atoms with Crippen molar-refractivity contribution in [1.82, 2.24) is 10.3 Å². The van der Waals surface area contributed by atoms with Crippen molar-refractivity contribution < 1.29 is 0 Å². The van der Waals surface area contributed by atoms with Gasteiger partial charge in [-0.25, -0.2) is 0 Å². The molecule has 0 aromatic carbocycles. The highest BCUT2D eigenvalue weighted by Gasteiger charge is 2.07. The van der Waals surface area contributed by atoms with E-state index in [1.165, 1.54) is 18.4 Å². The molecule has 13 heavy (non-hydrogen) atoms. The van der Waals surface area contributed by atoms with Crippen LogP contribution in [-0.2, 0) is 0 Å². The van der Waals surface area contributed by atoms with E-state index in [1.54, 1.807) is 0 Å². The Balaban J connectivity index is 2.64. The third-order valence-corrected chi connectivity index (χ3v) is 2.11. The molecule has 2 heteroatoms. The van der Waals surface area contributed by atoms with Crippen LogP contribution in [0.2, 0.25) is 0 Å². The predicted molar refractivity (Wildman–Crippen MR) is 55.6 cm³/mol. The second-order valence-electron chi connectivity index (χ2n) is 3.19. The molecule has 2 nitrogen and oxygen atoms in total. The lowest BCUT2D eigenvalue weighted by atomic mass is 10.0. The second-order valence-corrected chi connectivity index (χ2v) is 3.19. The lowest BCUT2D eigenvalue weighted by molar-refractivity contribution is 0.508. The van der Waals surface area contributed by atoms with Gasteiger partial charge in [0, 0.05) is 18.4 Å². The normalized spacial score (nSPS) is 12.8. The second kappa shape index (κ2) is 5.70. The number of hydrogen-bond donors (Lipinski definition) is 1. The molecule has 1 heterocycles. The first-order chi connectivity index (χ1) is 6.38. The molecule has 0 saturated carbocycles. The van der Waals surface area contributed by atoms with Gasteiger partial charge in [-0.2, -0.15) is 0 Å². The van der Waals surface area contributed by atoms with Crippen LogP contribution in [0.4, 0.5) is 0 Å². The van der Waals surface area contributed by atoms with Gasteiger partial charge in [0.25, 0.3) is 0 Å². The van der Waals surface area contributed by atoms with Crippen molar-refractivity contribution in [3.05, 3.63) is 30.1 Å². The summed E-state index contributed by atoms with van der Waals surface area (Å²) in [5, 5.41) is 3.46. The standard InChI is InChI=1S/C11H18N2/c1-3-6-11(13-4-2)10-7-5-8-12-9-10/h5,7-9,11,13H,3-4,6H2,1-2H3. The fourth-order valence-corrected chi connectivity index (χ4v) is 1.50. The minimum Gasteiger partial charge on any atom is -0.310 e. The Morgan fingerprint density at radius 2 is 2.31 bits per heavy atom. The summed E-state index contributed by atoms with van der Waals surface area (Å²) in [6.45, 7) is 5.36. The zero-order chi connectivity index (χ0) is 9.52. The maximum Gasteiger partial charge on any atom is 0.0335 e. The van der Waals surface area contributed by atoms with Gasteiger partial charge in [-0.1, -0.05) is 26.3 Å². The lowest BCUT2D eigenvalue weighted by Gasteiger charge is -2.16. The number of nitrogens with zero attached hydrogens (tertiary/aromatic N) is 1. The van der Waals surface area contributed by atoms with Gasteiger partial charge >= 0.3 is 0 Å². The van der Waals surface area contributed by atoms with E-state index in [0.717, 1.165) is 6.54 Å². The molecule has 1 unspecified atom stereocenters. The van der Waals surface area contributed by atoms with Crippen molar-refractivity contribution in [2.45, 2.75) is 32.7 Å². The first-order valence-corrected chi connectivity index (χ1v) is 5.01. The fraction of sp³-hybridized carbons (Fsp3) is 0.545. The SMILES string of the molecule is CCCC(NCC)c1cccnc1. The van der Waals surface area contributed by atoms with E-state index in [1.807, 2.05) is 18.5 Å². The van der Waals surface area contributed by atoms with Crippen LogP contribution in [0.5, 0.6) is 0 Å². The Morgan fingerprint density at radius 3 is 2.85 bits per heavy atom. The highest BCUT2D eigenvalue weighted by Crippen LogP contribution is 2.16. The van der Waals surface area contributed by atoms with Crippen molar-refractivity contribution in [2.75, 3.05) is 6.54 Å². The van der Waals surface area contributed by atoms with E-state index < -0.39 is 0 Å². The summed E-state index contributed by atoms with van der Waals surface area (Å²) in [5.74, 6) is 0. The highest BCUT2D eigenvalue weighted by molar-refractivity contribution is 5.13. The topological polar surface area (TPSA) is 24.9 Å². The number of aromatic nitrogens is 1. The fourth-order valence-electron chi connectivity index (χ4n) is 1.50. The molecular weight excluding hydrogens is 160 g/mol. The van der Waals surface area contributed by atoms with Crippen LogP contribution >= 0.6 is 0 Å². The zero-order valence-corrected chi connectivity index (χ0v) is 8.46. The van der Waals surface area contributed by atoms with Crippen molar-refractivity contribution >= 4 is 0 Å². The monoisotopic (exact) mass is 178 g/mol. The van der Waals surface area contributed by atoms with Crippen LogP contribution in [0.15, 0.2) is 24.5 Å². The van der Waals surface area contributed by atoms with Gasteiger partial charge in [0.2, 0.25) is 0 Å². The van der Waals surface area contributed by atoms with E-state index in [0.29, 0.717) is 6.04 Å². The third kappa shape index (κ3) is 3.15. The Morgan fingerprint density at radius 1 is 1.46 bits per heavy atom. The summed E-state index contributed by atoms with van der Waals surface area (Å²) in [7, 11) is 0. The van der Waals surface area contributed by atoms with Crippen LogP contribution in [0, 0.1) is 0 Å². The van der Waals surface area contributed by atoms with Gasteiger partial charge in [-0.15, -0.1) is 0 Å². The summed E-state index contributed by atoms with van der Waals surface area (Å²) in [6, 6.07) is 4.61. The van der Waals surface area contributed by atoms with Gasteiger partial charge in [0.05, 0.1) is 0 Å². The first-order valence-electron chi connectivity index (χ1n) is 5.01. The smallest absolute Gasteiger partial charge is 0.0335 e. The molecule has 0 aliphatic heterocycles. The van der Waals surface area contributed by atoms with E-state index in [2.05, 4.69) is 30.2 Å². The Labute approximate surface area is 80.4 Å². The van der Waals surface area contributed by atoms with Crippen LogP contribution in [0.25, 0.3) is 0 Å². The van der Waals surface area contributed by atoms with Crippen molar-refractivity contribution in [3.8, 4) is 0 Å². The van der Waals surface area contributed by atoms with Crippen LogP contribution in [0.3, 0.4) is 0 Å². The summed E-state index contributed by atoms with van der Waals surface area (Å²) in [5.41, 5.74) is 1.30. The zero-order valence-electron chi connectivity index (χ0n) is 8.46. The number of hydrogen-bond acceptors (Lipinski definition) is 2. The van der Waals surface area contributed by atoms with Gasteiger partial charge < -0.3 is 5.32 Å². The van der Waals surface area contributed by atoms with Gasteiger partial charge in [-0.3, -0.25) is 4.98 Å². The Kier molecular flexibility index (Phi) is 4.47. The van der Waals surface area contributed by atoms with E-state index in [9.17, 15) is 0 Å². The summed E-state index contributed by atoms with van der Waals surface area (Å²) in [6.07, 6.45) is 6.15. The molecule has 1 aromatic rings. The van der Waals surface area contributed by atoms with Gasteiger partial charge in [0.15, 0.2) is 0 Å². The molecule has 1 N–H and O–H groups in total. The summed E-state index contributed by atoms with van der Waals surface area (Å²) < 4.78 is 0. The van der Waals surface area contributed by atoms with Crippen molar-refractivity contribution in [3.63, 3.8) is 0 Å². The van der Waals surface area contributed by atoms with Crippen molar-refractivity contribution in [1.29, 1.82) is 0 Å². The molecular formula is C11H18N2. The van der Waals surface area contributed by atoms with E-state index in [4.69, 9.17) is 0 Å². The molecule has 0 radical (unpaired) electrons. The summed E-state index contributed by atoms with van der Waals surface area (Å²) in [4.78, 5) is 4.13. The van der Waals surface area contributed by atoms with Crippen molar-refractivity contribution in [2.24, 2.45) is 0 Å². The van der Waals surface area contributed by atoms with Gasteiger partial charge in [0.1, 0.15) is 0 Å². The maximum atomic E-state index is 4.13. The number of pyridine rings is 1. The molecule has 0 fully saturated rings. The largest absolute Gasteiger partial charge is 0.310 e. The molecule has 0 bridgehead atoms. The molecule has 0 saturated heterocycles. The Bertz CT molecular complexity index is 215. The minimum atomic E-state index is 0.476. The molecule has 0 amide bonds. The molecule has 1 rings (SSSR count). The average molecular weight is 178 g/mol. The third-order valence-electron chi connectivity index (χ3n) is 2.11. The maximum absolute atomic E-state index is 4.13. The molecule has 0 spiro atoms. The first kappa shape index (κ1) is 10.2. The van der Waals surface area contributed by atoms with Crippen LogP contribution < -0.4 is 5.32 Å². The molecule has 0 aliphatic rings. The number of rotatable bonds is 5. The van der Waals surface area contributed by atoms with E-state index >= 15 is 0 Å². The summed E-state index contributed by atoms with van der Waals surface area (Å²) >= 11 is 0. The molecule has 0 aliphatic carbocycles. The number of nitrogens with one attached hydrogen (secondary N) is 1. The average Bonchev–Trinajstić information content (AvgIpc) is 2.19. The highest BCUT2D eigenvalue weighted by atomic mass is 14.9. The lowest BCUT2D eigenvalue weighted by Crippen LogP contribution is -2.20. The van der Waals surface area contributed by atoms with E-state index in [-0.39, 0.29) is 0 Å². The Hall–Kier alpha value is -0.890. The molecule has 72 valence electrons. The van der Waals surface area contributed by atoms with Crippen LogP contribution in [0.1, 0.15) is 38.3 Å². The predicted octanol–water partition coefficient (Wildman–Crippen LogP) is 2.53. The van der Waals surface area contributed by atoms with Gasteiger partial charge in [-0.05, 0) is 24.6 Å². The molecule has 1 atom stereocenters. The quantitative estimate of drug-likeness (QED) is 0.749.